The second kappa shape index (κ2) is 9.23. The Morgan fingerprint density at radius 1 is 1.00 bits per heavy atom. The van der Waals surface area contributed by atoms with Crippen LogP contribution in [0.25, 0.3) is 5.76 Å². The first-order valence-corrected chi connectivity index (χ1v) is 12.7. The number of anilines is 1. The molecule has 5 rings (SSSR count). The Balaban J connectivity index is 1.82. The van der Waals surface area contributed by atoms with Gasteiger partial charge < -0.3 is 5.11 Å². The SMILES string of the molecule is N=C1/C(=C(/O)c2ccc(Cl)cc2)C(c2cccs2)C2=C(CCCC2=O)N1c1cc(Cl)cc(Cl)c1. The van der Waals surface area contributed by atoms with Gasteiger partial charge in [-0.25, -0.2) is 0 Å². The molecule has 172 valence electrons. The van der Waals surface area contributed by atoms with Gasteiger partial charge in [0.2, 0.25) is 0 Å². The number of rotatable bonds is 3. The van der Waals surface area contributed by atoms with Crippen LogP contribution in [0.5, 0.6) is 0 Å². The maximum Gasteiger partial charge on any atom is 0.161 e. The van der Waals surface area contributed by atoms with Crippen LogP contribution in [-0.2, 0) is 4.79 Å². The number of Topliss-reactive ketones (excluding diaryl/α,β-unsaturated/α-hetero) is 1. The highest BCUT2D eigenvalue weighted by Crippen LogP contribution is 2.49. The van der Waals surface area contributed by atoms with E-state index < -0.39 is 5.92 Å². The Hall–Kier alpha value is -2.57. The van der Waals surface area contributed by atoms with E-state index in [0.29, 0.717) is 56.7 Å². The monoisotopic (exact) mass is 528 g/mol. The number of aliphatic hydroxyl groups is 1. The summed E-state index contributed by atoms with van der Waals surface area (Å²) < 4.78 is 0. The van der Waals surface area contributed by atoms with Crippen molar-refractivity contribution in [3.05, 3.63) is 102 Å². The molecule has 1 aliphatic carbocycles. The summed E-state index contributed by atoms with van der Waals surface area (Å²) >= 11 is 20.2. The lowest BCUT2D eigenvalue weighted by Gasteiger charge is -2.41. The number of amidine groups is 1. The molecule has 0 bridgehead atoms. The fourth-order valence-corrected chi connectivity index (χ4v) is 6.13. The number of thiophene rings is 1. The largest absolute Gasteiger partial charge is 0.507 e. The van der Waals surface area contributed by atoms with E-state index in [-0.39, 0.29) is 17.4 Å². The number of benzene rings is 2. The van der Waals surface area contributed by atoms with Gasteiger partial charge in [-0.3, -0.25) is 15.1 Å². The van der Waals surface area contributed by atoms with E-state index in [1.807, 2.05) is 17.5 Å². The van der Waals surface area contributed by atoms with Gasteiger partial charge >= 0.3 is 0 Å². The maximum absolute atomic E-state index is 13.4. The van der Waals surface area contributed by atoms with Gasteiger partial charge in [0.05, 0.1) is 17.2 Å². The lowest BCUT2D eigenvalue weighted by molar-refractivity contribution is -0.116. The Morgan fingerprint density at radius 2 is 1.71 bits per heavy atom. The highest BCUT2D eigenvalue weighted by Gasteiger charge is 2.43. The molecule has 1 unspecified atom stereocenters. The summed E-state index contributed by atoms with van der Waals surface area (Å²) in [6, 6.07) is 15.7. The molecule has 0 saturated heterocycles. The van der Waals surface area contributed by atoms with E-state index >= 15 is 0 Å². The number of nitrogens with zero attached hydrogens (tertiary/aromatic N) is 1. The molecule has 0 saturated carbocycles. The molecule has 1 aromatic heterocycles. The predicted octanol–water partition coefficient (Wildman–Crippen LogP) is 8.27. The molecule has 0 radical (unpaired) electrons. The van der Waals surface area contributed by atoms with Crippen molar-refractivity contribution in [2.45, 2.75) is 25.2 Å². The normalized spacial score (nSPS) is 20.0. The smallest absolute Gasteiger partial charge is 0.161 e. The molecule has 34 heavy (non-hydrogen) atoms. The van der Waals surface area contributed by atoms with Crippen molar-refractivity contribution in [2.75, 3.05) is 4.90 Å². The van der Waals surface area contributed by atoms with Crippen LogP contribution in [0.4, 0.5) is 5.69 Å². The lowest BCUT2D eigenvalue weighted by Crippen LogP contribution is -2.42. The van der Waals surface area contributed by atoms with Crippen molar-refractivity contribution < 1.29 is 9.90 Å². The highest BCUT2D eigenvalue weighted by molar-refractivity contribution is 7.10. The third kappa shape index (κ3) is 4.07. The Labute approximate surface area is 216 Å². The summed E-state index contributed by atoms with van der Waals surface area (Å²) in [5.74, 6) is -0.510. The van der Waals surface area contributed by atoms with Crippen molar-refractivity contribution >= 4 is 69.2 Å². The highest BCUT2D eigenvalue weighted by atomic mass is 35.5. The average Bonchev–Trinajstić information content (AvgIpc) is 3.32. The number of ketones is 1. The standard InChI is InChI=1S/C26H19Cl3N2O2S/c27-15-8-6-14(7-9-15)25(33)24-23(21-5-2-10-34-21)22-19(3-1-4-20(22)32)31(26(24)30)18-12-16(28)11-17(29)13-18/h2,5-13,23,30,33H,1,3-4H2/b25-24+,30-26?. The molecule has 0 spiro atoms. The molecule has 2 heterocycles. The lowest BCUT2D eigenvalue weighted by atomic mass is 9.76. The Bertz CT molecular complexity index is 1340. The van der Waals surface area contributed by atoms with E-state index in [1.165, 1.54) is 11.3 Å². The second-order valence-electron chi connectivity index (χ2n) is 8.17. The predicted molar refractivity (Wildman–Crippen MR) is 141 cm³/mol. The van der Waals surface area contributed by atoms with Crippen LogP contribution in [0.3, 0.4) is 0 Å². The number of allylic oxidation sites excluding steroid dienone is 2. The third-order valence-corrected chi connectivity index (χ3v) is 7.69. The van der Waals surface area contributed by atoms with Gasteiger partial charge in [-0.05, 0) is 66.8 Å². The second-order valence-corrected chi connectivity index (χ2v) is 10.5. The number of nitrogens with one attached hydrogen (secondary N) is 1. The van der Waals surface area contributed by atoms with Crippen molar-refractivity contribution in [1.29, 1.82) is 5.41 Å². The molecule has 1 atom stereocenters. The topological polar surface area (TPSA) is 64.4 Å². The molecule has 2 aromatic carbocycles. The van der Waals surface area contributed by atoms with Crippen molar-refractivity contribution in [3.8, 4) is 0 Å². The summed E-state index contributed by atoms with van der Waals surface area (Å²) in [4.78, 5) is 16.0. The number of carbonyl (C=O) groups excluding carboxylic acids is 1. The van der Waals surface area contributed by atoms with Gasteiger partial charge in [-0.2, -0.15) is 0 Å². The molecule has 0 fully saturated rings. The van der Waals surface area contributed by atoms with Crippen molar-refractivity contribution in [1.82, 2.24) is 0 Å². The molecule has 2 N–H and O–H groups in total. The van der Waals surface area contributed by atoms with Gasteiger partial charge in [0, 0.05) is 43.2 Å². The van der Waals surface area contributed by atoms with Gasteiger partial charge in [-0.1, -0.05) is 40.9 Å². The van der Waals surface area contributed by atoms with Gasteiger partial charge in [0.1, 0.15) is 11.6 Å². The zero-order valence-electron chi connectivity index (χ0n) is 17.8. The zero-order chi connectivity index (χ0) is 24.0. The Kier molecular flexibility index (Phi) is 6.30. The Morgan fingerprint density at radius 3 is 2.35 bits per heavy atom. The van der Waals surface area contributed by atoms with Crippen LogP contribution >= 0.6 is 46.1 Å². The van der Waals surface area contributed by atoms with Crippen molar-refractivity contribution in [2.24, 2.45) is 0 Å². The van der Waals surface area contributed by atoms with Crippen LogP contribution in [0.2, 0.25) is 15.1 Å². The van der Waals surface area contributed by atoms with Crippen LogP contribution in [-0.4, -0.2) is 16.7 Å². The number of hydrogen-bond donors (Lipinski definition) is 2. The van der Waals surface area contributed by atoms with Crippen LogP contribution in [0.15, 0.2) is 76.8 Å². The van der Waals surface area contributed by atoms with E-state index in [9.17, 15) is 15.3 Å². The summed E-state index contributed by atoms with van der Waals surface area (Å²) in [5, 5.41) is 24.1. The molecule has 4 nitrogen and oxygen atoms in total. The van der Waals surface area contributed by atoms with E-state index in [2.05, 4.69) is 0 Å². The molecule has 2 aliphatic rings. The molecule has 0 amide bonds. The number of hydrogen-bond acceptors (Lipinski definition) is 4. The van der Waals surface area contributed by atoms with Crippen LogP contribution in [0, 0.1) is 5.41 Å². The van der Waals surface area contributed by atoms with E-state index in [1.54, 1.807) is 47.4 Å². The third-order valence-electron chi connectivity index (χ3n) is 6.06. The first-order chi connectivity index (χ1) is 16.3. The first kappa shape index (κ1) is 23.2. The zero-order valence-corrected chi connectivity index (χ0v) is 20.9. The molecular weight excluding hydrogens is 511 g/mol. The minimum atomic E-state index is -0.545. The fraction of sp³-hybridized carbons (Fsp3) is 0.154. The van der Waals surface area contributed by atoms with Crippen LogP contribution in [0.1, 0.15) is 35.6 Å². The van der Waals surface area contributed by atoms with E-state index in [4.69, 9.17) is 34.8 Å². The molecular formula is C26H19Cl3N2O2S. The van der Waals surface area contributed by atoms with Crippen LogP contribution < -0.4 is 4.90 Å². The summed E-state index contributed by atoms with van der Waals surface area (Å²) in [6.45, 7) is 0. The fourth-order valence-electron chi connectivity index (χ4n) is 4.65. The number of halogens is 3. The molecule has 3 aromatic rings. The molecule has 1 aliphatic heterocycles. The average molecular weight is 530 g/mol. The number of aliphatic hydroxyl groups excluding tert-OH is 1. The van der Waals surface area contributed by atoms with Gasteiger partial charge in [0.25, 0.3) is 0 Å². The summed E-state index contributed by atoms with van der Waals surface area (Å²) in [5.41, 5.74) is 2.81. The van der Waals surface area contributed by atoms with Crippen molar-refractivity contribution in [3.63, 3.8) is 0 Å². The first-order valence-electron chi connectivity index (χ1n) is 10.7. The minimum absolute atomic E-state index is 0.0201. The quantitative estimate of drug-likeness (QED) is 0.336. The maximum atomic E-state index is 13.4. The number of carbonyl (C=O) groups is 1. The minimum Gasteiger partial charge on any atom is -0.507 e. The van der Waals surface area contributed by atoms with Gasteiger partial charge in [0.15, 0.2) is 5.78 Å². The summed E-state index contributed by atoms with van der Waals surface area (Å²) in [7, 11) is 0. The summed E-state index contributed by atoms with van der Waals surface area (Å²) in [6.07, 6.45) is 1.74. The van der Waals surface area contributed by atoms with E-state index in [0.717, 1.165) is 10.6 Å². The van der Waals surface area contributed by atoms with Gasteiger partial charge in [-0.15, -0.1) is 11.3 Å². The molecule has 8 heteroatoms.